The second-order valence-electron chi connectivity index (χ2n) is 10.9. The van der Waals surface area contributed by atoms with E-state index in [1.54, 1.807) is 0 Å². The minimum atomic E-state index is -1.73. The number of hydrogen-bond acceptors (Lipinski definition) is 13. The van der Waals surface area contributed by atoms with E-state index in [9.17, 15) is 54.0 Å². The van der Waals surface area contributed by atoms with Crippen LogP contribution in [-0.4, -0.2) is 133 Å². The van der Waals surface area contributed by atoms with Crippen molar-refractivity contribution in [2.45, 2.75) is 94.4 Å². The van der Waals surface area contributed by atoms with Crippen molar-refractivity contribution in [3.63, 3.8) is 0 Å². The third-order valence-electron chi connectivity index (χ3n) is 6.84. The highest BCUT2D eigenvalue weighted by Gasteiger charge is 2.35. The van der Waals surface area contributed by atoms with Gasteiger partial charge in [-0.25, -0.2) is 9.78 Å². The maximum Gasteiger partial charge on any atom is 0.328 e. The van der Waals surface area contributed by atoms with Crippen LogP contribution in [0.3, 0.4) is 0 Å². The fourth-order valence-corrected chi connectivity index (χ4v) is 4.33. The smallest absolute Gasteiger partial charge is 0.328 e. The molecule has 5 amide bonds. The number of amides is 5. The number of carboxylic acids is 2. The van der Waals surface area contributed by atoms with E-state index in [-0.39, 0.29) is 30.8 Å². The van der Waals surface area contributed by atoms with Gasteiger partial charge in [-0.15, -0.1) is 0 Å². The first kappa shape index (κ1) is 41.7. The van der Waals surface area contributed by atoms with Crippen molar-refractivity contribution < 1.29 is 54.0 Å². The van der Waals surface area contributed by atoms with Gasteiger partial charge in [0.25, 0.3) is 0 Å². The Morgan fingerprint density at radius 2 is 1.35 bits per heavy atom. The first-order chi connectivity index (χ1) is 22.5. The number of imidazole rings is 1. The van der Waals surface area contributed by atoms with E-state index < -0.39 is 96.4 Å². The number of nitrogens with zero attached hydrogens (tertiary/aromatic N) is 1. The molecular formula is C27H45N9O11S. The van der Waals surface area contributed by atoms with E-state index in [0.717, 1.165) is 13.8 Å². The number of aromatic nitrogens is 2. The number of carbonyl (C=O) groups is 7. The topological polar surface area (TPSA) is 341 Å². The molecule has 0 saturated carbocycles. The molecule has 1 rings (SSSR count). The van der Waals surface area contributed by atoms with Gasteiger partial charge in [0.15, 0.2) is 6.04 Å². The summed E-state index contributed by atoms with van der Waals surface area (Å²) in [5, 5.41) is 50.2. The predicted octanol–water partition coefficient (Wildman–Crippen LogP) is -4.92. The van der Waals surface area contributed by atoms with E-state index >= 15 is 0 Å². The number of rotatable bonds is 22. The fourth-order valence-electron chi connectivity index (χ4n) is 4.16. The number of carboxylic acid groups (broad SMARTS) is 2. The van der Waals surface area contributed by atoms with Gasteiger partial charge in [-0.1, -0.05) is 0 Å². The van der Waals surface area contributed by atoms with Crippen LogP contribution in [0.25, 0.3) is 0 Å². The van der Waals surface area contributed by atoms with Crippen molar-refractivity contribution in [1.29, 1.82) is 0 Å². The molecule has 0 unspecified atom stereocenters. The molecule has 0 radical (unpaired) electrons. The van der Waals surface area contributed by atoms with Crippen molar-refractivity contribution in [3.05, 3.63) is 18.2 Å². The van der Waals surface area contributed by atoms with E-state index in [4.69, 9.17) is 11.5 Å². The minimum absolute atomic E-state index is 0.0487. The highest BCUT2D eigenvalue weighted by Crippen LogP contribution is 2.07. The van der Waals surface area contributed by atoms with E-state index in [1.807, 2.05) is 0 Å². The van der Waals surface area contributed by atoms with Gasteiger partial charge in [-0.2, -0.15) is 12.6 Å². The molecule has 14 N–H and O–H groups in total. The van der Waals surface area contributed by atoms with Gasteiger partial charge in [0.1, 0.15) is 24.2 Å². The molecule has 0 saturated heterocycles. The van der Waals surface area contributed by atoms with Crippen LogP contribution in [-0.2, 0) is 40.0 Å². The zero-order valence-electron chi connectivity index (χ0n) is 26.4. The Labute approximate surface area is 281 Å². The Kier molecular flexibility index (Phi) is 18.1. The van der Waals surface area contributed by atoms with Gasteiger partial charge in [0.05, 0.1) is 36.7 Å². The number of nitrogens with two attached hydrogens (primary N) is 2. The summed E-state index contributed by atoms with van der Waals surface area (Å²) >= 11 is 3.90. The molecule has 0 aliphatic rings. The van der Waals surface area contributed by atoms with E-state index in [0.29, 0.717) is 12.8 Å². The van der Waals surface area contributed by atoms with Crippen LogP contribution >= 0.6 is 12.6 Å². The van der Waals surface area contributed by atoms with Gasteiger partial charge in [0.2, 0.25) is 29.5 Å². The van der Waals surface area contributed by atoms with Crippen molar-refractivity contribution in [3.8, 4) is 0 Å². The van der Waals surface area contributed by atoms with Crippen molar-refractivity contribution in [1.82, 2.24) is 36.6 Å². The lowest BCUT2D eigenvalue weighted by atomic mass is 10.0. The number of aliphatic hydroxyl groups is 2. The number of thiol groups is 1. The number of unbranched alkanes of at least 4 members (excludes halogenated alkanes) is 1. The number of aromatic amines is 1. The third kappa shape index (κ3) is 14.2. The van der Waals surface area contributed by atoms with E-state index in [2.05, 4.69) is 49.2 Å². The summed E-state index contributed by atoms with van der Waals surface area (Å²) in [4.78, 5) is 94.8. The predicted molar refractivity (Wildman–Crippen MR) is 170 cm³/mol. The summed E-state index contributed by atoms with van der Waals surface area (Å²) in [5.41, 5.74) is 11.4. The average Bonchev–Trinajstić information content (AvgIpc) is 3.52. The van der Waals surface area contributed by atoms with Crippen molar-refractivity contribution >= 4 is 54.1 Å². The number of nitrogens with one attached hydrogen (secondary N) is 6. The lowest BCUT2D eigenvalue weighted by Crippen LogP contribution is -2.62. The van der Waals surface area contributed by atoms with Crippen LogP contribution in [0.15, 0.2) is 12.5 Å². The SMILES string of the molecule is C[C@@H](O)[C@H](NC(=O)[C@H](Cc1c[nH]cn1)NC(=O)[C@@H](NC(=O)[C@H](CCCCN)NC(=O)[C@H](CC(=O)O)NC(=O)[C@@H](N)CS)[C@@H](C)O)C(=O)O. The van der Waals surface area contributed by atoms with Gasteiger partial charge >= 0.3 is 11.9 Å². The molecule has 1 heterocycles. The fraction of sp³-hybridized carbons (Fsp3) is 0.630. The van der Waals surface area contributed by atoms with Gasteiger partial charge in [0, 0.05) is 18.4 Å². The summed E-state index contributed by atoms with van der Waals surface area (Å²) in [6.07, 6.45) is -0.844. The Hall–Kier alpha value is -4.31. The van der Waals surface area contributed by atoms with Crippen molar-refractivity contribution in [2.24, 2.45) is 11.5 Å². The molecule has 0 spiro atoms. The highest BCUT2D eigenvalue weighted by molar-refractivity contribution is 7.80. The Bertz CT molecular complexity index is 1250. The summed E-state index contributed by atoms with van der Waals surface area (Å²) in [6, 6.07) is -9.16. The van der Waals surface area contributed by atoms with Crippen molar-refractivity contribution in [2.75, 3.05) is 12.3 Å². The first-order valence-electron chi connectivity index (χ1n) is 14.9. The molecule has 0 fully saturated rings. The lowest BCUT2D eigenvalue weighted by molar-refractivity contribution is -0.145. The number of aliphatic carboxylic acids is 2. The monoisotopic (exact) mass is 703 g/mol. The van der Waals surface area contributed by atoms with Crippen LogP contribution in [0.4, 0.5) is 0 Å². The number of H-pyrrole nitrogens is 1. The summed E-state index contributed by atoms with van der Waals surface area (Å²) in [7, 11) is 0. The molecular weight excluding hydrogens is 658 g/mol. The maximum absolute atomic E-state index is 13.4. The molecule has 1 aromatic heterocycles. The quantitative estimate of drug-likeness (QED) is 0.0398. The molecule has 0 aliphatic carbocycles. The maximum atomic E-state index is 13.4. The zero-order valence-corrected chi connectivity index (χ0v) is 27.3. The van der Waals surface area contributed by atoms with Crippen LogP contribution in [0.5, 0.6) is 0 Å². The van der Waals surface area contributed by atoms with E-state index in [1.165, 1.54) is 12.5 Å². The Morgan fingerprint density at radius 3 is 1.85 bits per heavy atom. The van der Waals surface area contributed by atoms with Gasteiger partial charge < -0.3 is 63.5 Å². The van der Waals surface area contributed by atoms with Crippen LogP contribution < -0.4 is 38.1 Å². The molecule has 1 aromatic rings. The molecule has 270 valence electrons. The number of aliphatic hydroxyl groups excluding tert-OH is 2. The molecule has 8 atom stereocenters. The standard InChI is InChI=1S/C27H45N9O11S/c1-12(37)20(26(45)34-17(7-14-9-30-11-31-14)25(44)36-21(13(2)38)27(46)47)35-23(42)16(5-3-4-6-28)32-24(43)18(8-19(39)40)33-22(41)15(29)10-48/h9,11-13,15-18,20-21,37-38,48H,3-8,10,28-29H2,1-2H3,(H,30,31)(H,32,43)(H,33,41)(H,34,45)(H,35,42)(H,36,44)(H,39,40)(H,46,47)/t12-,13-,15+,16+,17+,18+,20+,21+/m1/s1. The Balaban J connectivity index is 3.25. The largest absolute Gasteiger partial charge is 0.481 e. The number of hydrogen-bond donors (Lipinski definition) is 13. The summed E-state index contributed by atoms with van der Waals surface area (Å²) in [5.74, 6) is -8.10. The molecule has 0 bridgehead atoms. The second kappa shape index (κ2) is 20.8. The minimum Gasteiger partial charge on any atom is -0.481 e. The molecule has 0 aliphatic heterocycles. The highest BCUT2D eigenvalue weighted by atomic mass is 32.1. The van der Waals surface area contributed by atoms with Crippen LogP contribution in [0, 0.1) is 0 Å². The van der Waals surface area contributed by atoms with Gasteiger partial charge in [-0.05, 0) is 39.7 Å². The molecule has 0 aromatic carbocycles. The lowest BCUT2D eigenvalue weighted by Gasteiger charge is -2.28. The second-order valence-corrected chi connectivity index (χ2v) is 11.3. The average molecular weight is 704 g/mol. The zero-order chi connectivity index (χ0) is 36.6. The molecule has 21 heteroatoms. The summed E-state index contributed by atoms with van der Waals surface area (Å²) in [6.45, 7) is 2.53. The molecule has 20 nitrogen and oxygen atoms in total. The summed E-state index contributed by atoms with van der Waals surface area (Å²) < 4.78 is 0. The third-order valence-corrected chi connectivity index (χ3v) is 7.23. The van der Waals surface area contributed by atoms with Crippen LogP contribution in [0.2, 0.25) is 0 Å². The van der Waals surface area contributed by atoms with Crippen LogP contribution in [0.1, 0.15) is 45.2 Å². The molecule has 48 heavy (non-hydrogen) atoms. The van der Waals surface area contributed by atoms with Gasteiger partial charge in [-0.3, -0.25) is 28.8 Å². The Morgan fingerprint density at radius 1 is 0.812 bits per heavy atom. The normalized spacial score (nSPS) is 16.1. The first-order valence-corrected chi connectivity index (χ1v) is 15.5. The number of carbonyl (C=O) groups excluding carboxylic acids is 5.